The number of nitrogens with one attached hydrogen (secondary N) is 1. The predicted octanol–water partition coefficient (Wildman–Crippen LogP) is 10.6. The maximum Gasteiger partial charge on any atom is 0.355 e. The molecule has 0 saturated heterocycles. The van der Waals surface area contributed by atoms with E-state index in [1.54, 1.807) is 25.4 Å². The van der Waals surface area contributed by atoms with Gasteiger partial charge in [0, 0.05) is 39.9 Å². The van der Waals surface area contributed by atoms with Gasteiger partial charge in [-0.25, -0.2) is 14.8 Å². The zero-order valence-electron chi connectivity index (χ0n) is 33.7. The third-order valence-corrected chi connectivity index (χ3v) is 13.4. The van der Waals surface area contributed by atoms with Crippen molar-refractivity contribution in [3.63, 3.8) is 0 Å². The van der Waals surface area contributed by atoms with Crippen LogP contribution in [0.15, 0.2) is 72.9 Å². The zero-order valence-corrected chi connectivity index (χ0v) is 34.5. The minimum Gasteiger partial charge on any atom is -0.496 e. The van der Waals surface area contributed by atoms with Crippen molar-refractivity contribution in [2.75, 3.05) is 12.4 Å². The Bertz CT molecular complexity index is 2560. The highest BCUT2D eigenvalue weighted by Gasteiger charge is 2.66. The summed E-state index contributed by atoms with van der Waals surface area (Å²) in [6.07, 6.45) is 8.50. The number of thiazole rings is 1. The number of fused-ring (bicyclic) bond motifs is 2. The van der Waals surface area contributed by atoms with E-state index in [9.17, 15) is 14.7 Å². The van der Waals surface area contributed by atoms with Crippen LogP contribution >= 0.6 is 11.3 Å². The zero-order chi connectivity index (χ0) is 40.1. The van der Waals surface area contributed by atoms with E-state index in [0.717, 1.165) is 65.5 Å². The van der Waals surface area contributed by atoms with E-state index in [0.29, 0.717) is 38.7 Å². The number of carbonyl (C=O) groups is 2. The molecule has 11 heteroatoms. The molecule has 0 spiro atoms. The molecule has 2 N–H and O–H groups in total. The number of rotatable bonds is 9. The highest BCUT2D eigenvalue weighted by atomic mass is 32.1. The molecular weight excluding hydrogens is 735 g/mol. The second-order valence-corrected chi connectivity index (χ2v) is 19.8. The Hall–Kier alpha value is -5.13. The molecule has 4 bridgehead atoms. The number of carboxylic acids is 1. The fourth-order valence-corrected chi connectivity index (χ4v) is 12.8. The highest BCUT2D eigenvalue weighted by molar-refractivity contribution is 7.22. The van der Waals surface area contributed by atoms with Gasteiger partial charge in [0.2, 0.25) is 0 Å². The molecule has 3 aromatic heterocycles. The van der Waals surface area contributed by atoms with Crippen LogP contribution in [-0.2, 0) is 11.3 Å². The highest BCUT2D eigenvalue weighted by Crippen LogP contribution is 2.72. The van der Waals surface area contributed by atoms with Gasteiger partial charge < -0.3 is 14.6 Å². The predicted molar refractivity (Wildman–Crippen MR) is 224 cm³/mol. The van der Waals surface area contributed by atoms with Crippen LogP contribution in [0, 0.1) is 23.2 Å². The molecule has 3 heterocycles. The number of carboxylic acid groups (broad SMARTS) is 1. The molecule has 10 nitrogen and oxygen atoms in total. The number of aromatic nitrogens is 4. The number of hydrogen-bond acceptors (Lipinski definition) is 8. The van der Waals surface area contributed by atoms with Crippen molar-refractivity contribution < 1.29 is 24.2 Å². The van der Waals surface area contributed by atoms with E-state index in [1.807, 2.05) is 61.5 Å². The van der Waals surface area contributed by atoms with Gasteiger partial charge in [0.05, 0.1) is 40.4 Å². The maximum absolute atomic E-state index is 13.7. The van der Waals surface area contributed by atoms with Crippen LogP contribution in [-0.4, -0.2) is 55.0 Å². The Morgan fingerprint density at radius 3 is 2.35 bits per heavy atom. The summed E-state index contributed by atoms with van der Waals surface area (Å²) in [4.78, 5) is 36.0. The Morgan fingerprint density at radius 2 is 1.65 bits per heavy atom. The lowest BCUT2D eigenvalue weighted by Gasteiger charge is -2.70. The second kappa shape index (κ2) is 12.9. The first-order chi connectivity index (χ1) is 27.0. The third-order valence-electron chi connectivity index (χ3n) is 12.4. The molecule has 57 heavy (non-hydrogen) atoms. The largest absolute Gasteiger partial charge is 0.496 e. The van der Waals surface area contributed by atoms with E-state index >= 15 is 0 Å². The van der Waals surface area contributed by atoms with E-state index in [2.05, 4.69) is 49.6 Å². The van der Waals surface area contributed by atoms with Crippen LogP contribution in [0.3, 0.4) is 0 Å². The molecule has 6 aromatic rings. The average molecular weight is 784 g/mol. The summed E-state index contributed by atoms with van der Waals surface area (Å²) in [5, 5.41) is 20.3. The van der Waals surface area contributed by atoms with Crippen molar-refractivity contribution in [3.05, 3.63) is 89.9 Å². The van der Waals surface area contributed by atoms with Crippen LogP contribution in [0.1, 0.15) is 99.7 Å². The van der Waals surface area contributed by atoms with Crippen molar-refractivity contribution in [2.45, 2.75) is 97.8 Å². The first-order valence-corrected chi connectivity index (χ1v) is 20.5. The number of carbonyl (C=O) groups excluding carboxylic acids is 1. The maximum atomic E-state index is 13.7. The van der Waals surface area contributed by atoms with Gasteiger partial charge in [0.1, 0.15) is 5.75 Å². The van der Waals surface area contributed by atoms with Crippen LogP contribution in [0.2, 0.25) is 0 Å². The van der Waals surface area contributed by atoms with Gasteiger partial charge in [-0.15, -0.1) is 0 Å². The first-order valence-electron chi connectivity index (χ1n) is 19.7. The molecule has 2 unspecified atom stereocenters. The van der Waals surface area contributed by atoms with Crippen molar-refractivity contribution in [1.29, 1.82) is 0 Å². The van der Waals surface area contributed by atoms with Gasteiger partial charge >= 0.3 is 5.97 Å². The quantitative estimate of drug-likeness (QED) is 0.148. The van der Waals surface area contributed by atoms with Crippen LogP contribution in [0.4, 0.5) is 5.13 Å². The minimum atomic E-state index is -1.12. The standard InChI is InChI=1S/C46H49N5O5S/c1-27-33(19-47-51(27)26-45-21-43(5)20-44(6,22-45)24-46(23-43,25-45)56-42(2,3)4)30-14-16-34(48-38(30)40(53)54)28-12-13-29-32(18-28)31(15-17-36(29)55-7)39(52)50-41-49-35-10-8-9-11-37(35)57-41/h8-19H,20-26H2,1-7H3,(H,53,54)(H,49,50,52). The van der Waals surface area contributed by atoms with Gasteiger partial charge in [-0.05, 0) is 136 Å². The van der Waals surface area contributed by atoms with Gasteiger partial charge in [0.15, 0.2) is 10.8 Å². The molecule has 4 fully saturated rings. The number of anilines is 1. The van der Waals surface area contributed by atoms with Gasteiger partial charge in [0.25, 0.3) is 5.91 Å². The number of para-hydroxylation sites is 1. The number of pyridine rings is 1. The first kappa shape index (κ1) is 37.4. The lowest BCUT2D eigenvalue weighted by atomic mass is 9.39. The monoisotopic (exact) mass is 783 g/mol. The van der Waals surface area contributed by atoms with E-state index in [4.69, 9.17) is 19.6 Å². The summed E-state index contributed by atoms with van der Waals surface area (Å²) in [7, 11) is 1.59. The molecule has 0 aliphatic heterocycles. The fraction of sp³-hybridized carbons (Fsp3) is 0.413. The number of nitrogens with zero attached hydrogens (tertiary/aromatic N) is 4. The Labute approximate surface area is 336 Å². The number of methoxy groups -OCH3 is 1. The third kappa shape index (κ3) is 6.68. The topological polar surface area (TPSA) is 128 Å². The normalized spacial score (nSPS) is 25.3. The average Bonchev–Trinajstić information content (AvgIpc) is 3.69. The van der Waals surface area contributed by atoms with Gasteiger partial charge in [-0.3, -0.25) is 14.8 Å². The molecule has 294 valence electrons. The lowest BCUT2D eigenvalue weighted by Crippen LogP contribution is -2.65. The molecule has 0 radical (unpaired) electrons. The lowest BCUT2D eigenvalue weighted by molar-refractivity contribution is -0.275. The molecule has 10 rings (SSSR count). The van der Waals surface area contributed by atoms with Crippen LogP contribution in [0.5, 0.6) is 5.75 Å². The summed E-state index contributed by atoms with van der Waals surface area (Å²) in [6, 6.07) is 20.5. The Kier molecular flexibility index (Phi) is 8.50. The summed E-state index contributed by atoms with van der Waals surface area (Å²) in [5.41, 5.74) is 4.63. The number of amides is 1. The van der Waals surface area contributed by atoms with E-state index < -0.39 is 5.97 Å². The SMILES string of the molecule is COc1ccc(C(=O)Nc2nc3ccccc3s2)c2cc(-c3ccc(-c4cnn(CC56CC7(C)CC(C)(C5)CC(OC(C)(C)C)(C7)C6)c4C)c(C(=O)O)n3)ccc12. The minimum absolute atomic E-state index is 0.0399. The Balaban J connectivity index is 1.04. The van der Waals surface area contributed by atoms with Crippen LogP contribution < -0.4 is 10.1 Å². The molecule has 1 amide bonds. The van der Waals surface area contributed by atoms with Crippen LogP contribution in [0.25, 0.3) is 43.4 Å². The molecule has 4 aliphatic rings. The fourth-order valence-electron chi connectivity index (χ4n) is 11.9. The van der Waals surface area contributed by atoms with E-state index in [-0.39, 0.29) is 39.0 Å². The molecule has 4 aliphatic carbocycles. The number of ether oxygens (including phenoxy) is 2. The number of hydrogen-bond donors (Lipinski definition) is 2. The van der Waals surface area contributed by atoms with Gasteiger partial charge in [-0.1, -0.05) is 43.4 Å². The second-order valence-electron chi connectivity index (χ2n) is 18.8. The number of benzene rings is 3. The molecular formula is C46H49N5O5S. The number of aromatic carboxylic acids is 1. The molecule has 4 saturated carbocycles. The summed E-state index contributed by atoms with van der Waals surface area (Å²) in [6.45, 7) is 14.2. The molecule has 2 atom stereocenters. The van der Waals surface area contributed by atoms with Crippen molar-refractivity contribution in [2.24, 2.45) is 16.2 Å². The van der Waals surface area contributed by atoms with Gasteiger partial charge in [-0.2, -0.15) is 5.10 Å². The smallest absolute Gasteiger partial charge is 0.355 e. The van der Waals surface area contributed by atoms with E-state index in [1.165, 1.54) is 17.8 Å². The van der Waals surface area contributed by atoms with Crippen molar-refractivity contribution in [3.8, 4) is 28.1 Å². The summed E-state index contributed by atoms with van der Waals surface area (Å²) < 4.78 is 15.7. The Morgan fingerprint density at radius 1 is 0.895 bits per heavy atom. The van der Waals surface area contributed by atoms with Crippen molar-refractivity contribution in [1.82, 2.24) is 19.7 Å². The molecule has 3 aromatic carbocycles. The summed E-state index contributed by atoms with van der Waals surface area (Å²) in [5.74, 6) is -0.821. The van der Waals surface area contributed by atoms with Crippen molar-refractivity contribution >= 4 is 49.3 Å². The summed E-state index contributed by atoms with van der Waals surface area (Å²) >= 11 is 1.41.